The molecule has 8 nitrogen and oxygen atoms in total. The Balaban J connectivity index is 1.27. The van der Waals surface area contributed by atoms with Crippen LogP contribution >= 0.6 is 11.3 Å². The Kier molecular flexibility index (Phi) is 5.75. The second kappa shape index (κ2) is 8.73. The minimum atomic E-state index is -1.14. The van der Waals surface area contributed by atoms with Gasteiger partial charge in [0, 0.05) is 26.2 Å². The van der Waals surface area contributed by atoms with E-state index in [1.54, 1.807) is 14.0 Å². The van der Waals surface area contributed by atoms with Gasteiger partial charge >= 0.3 is 6.03 Å². The zero-order chi connectivity index (χ0) is 23.9. The number of ether oxygens (including phenoxy) is 1. The predicted octanol–water partition coefficient (Wildman–Crippen LogP) is 3.09. The van der Waals surface area contributed by atoms with Gasteiger partial charge in [-0.3, -0.25) is 14.5 Å². The van der Waals surface area contributed by atoms with Crippen molar-refractivity contribution in [2.24, 2.45) is 0 Å². The number of methoxy groups -OCH3 is 1. The molecule has 3 aromatic rings. The first-order valence-corrected chi connectivity index (χ1v) is 12.0. The van der Waals surface area contributed by atoms with Crippen molar-refractivity contribution in [3.05, 3.63) is 64.4 Å². The van der Waals surface area contributed by atoms with E-state index in [1.807, 2.05) is 63.7 Å². The Morgan fingerprint density at radius 1 is 1.06 bits per heavy atom. The average molecular weight is 479 g/mol. The first-order chi connectivity index (χ1) is 16.4. The van der Waals surface area contributed by atoms with Gasteiger partial charge in [0.05, 0.1) is 18.7 Å². The third-order valence-corrected chi connectivity index (χ3v) is 7.49. The molecule has 0 radical (unpaired) electrons. The number of rotatable bonds is 5. The van der Waals surface area contributed by atoms with E-state index in [2.05, 4.69) is 5.32 Å². The SMILES string of the molecule is COc1ccc2cc([C@]3(C)NC(=O)N(CN4CCN(C(=O)c5cccs5)CC4)C3=O)ccc2c1. The van der Waals surface area contributed by atoms with Gasteiger partial charge < -0.3 is 15.0 Å². The standard InChI is InChI=1S/C25H26N4O4S/c1-25(19-7-5-18-15-20(33-2)8-6-17(18)14-19)23(31)29(24(32)26-25)16-27-9-11-28(12-10-27)22(30)21-4-3-13-34-21/h3-8,13-15H,9-12,16H2,1-2H3,(H,26,32)/t25-/m0/s1. The van der Waals surface area contributed by atoms with Gasteiger partial charge in [-0.15, -0.1) is 11.3 Å². The molecule has 4 amide bonds. The third-order valence-electron chi connectivity index (χ3n) is 6.63. The van der Waals surface area contributed by atoms with E-state index < -0.39 is 11.6 Å². The number of hydrogen-bond donors (Lipinski definition) is 1. The fraction of sp³-hybridized carbons (Fsp3) is 0.320. The summed E-state index contributed by atoms with van der Waals surface area (Å²) < 4.78 is 5.28. The average Bonchev–Trinajstić information content (AvgIpc) is 3.47. The number of carbonyl (C=O) groups is 3. The number of benzene rings is 2. The highest BCUT2D eigenvalue weighted by molar-refractivity contribution is 7.12. The molecule has 0 unspecified atom stereocenters. The van der Waals surface area contributed by atoms with Crippen molar-refractivity contribution < 1.29 is 19.1 Å². The second-order valence-electron chi connectivity index (χ2n) is 8.75. The van der Waals surface area contributed by atoms with Crippen molar-refractivity contribution in [3.63, 3.8) is 0 Å². The fourth-order valence-corrected chi connectivity index (χ4v) is 5.22. The summed E-state index contributed by atoms with van der Waals surface area (Å²) >= 11 is 1.44. The van der Waals surface area contributed by atoms with E-state index in [0.717, 1.165) is 27.0 Å². The molecule has 0 bridgehead atoms. The van der Waals surface area contributed by atoms with Gasteiger partial charge in [0.1, 0.15) is 11.3 Å². The topological polar surface area (TPSA) is 82.2 Å². The Labute approximate surface area is 201 Å². The highest BCUT2D eigenvalue weighted by Crippen LogP contribution is 2.32. The highest BCUT2D eigenvalue weighted by Gasteiger charge is 2.49. The monoisotopic (exact) mass is 478 g/mol. The number of hydrogen-bond acceptors (Lipinski definition) is 6. The number of imide groups is 1. The Morgan fingerprint density at radius 2 is 1.79 bits per heavy atom. The molecule has 2 saturated heterocycles. The molecule has 2 aliphatic heterocycles. The van der Waals surface area contributed by atoms with Gasteiger partial charge in [-0.2, -0.15) is 0 Å². The van der Waals surface area contributed by atoms with Crippen LogP contribution in [0.2, 0.25) is 0 Å². The number of nitrogens with one attached hydrogen (secondary N) is 1. The maximum atomic E-state index is 13.4. The predicted molar refractivity (Wildman–Crippen MR) is 130 cm³/mol. The number of piperazine rings is 1. The molecule has 2 aromatic carbocycles. The first kappa shape index (κ1) is 22.4. The van der Waals surface area contributed by atoms with Crippen molar-refractivity contribution >= 4 is 40.0 Å². The number of fused-ring (bicyclic) bond motifs is 1. The minimum absolute atomic E-state index is 0.0335. The lowest BCUT2D eigenvalue weighted by atomic mass is 9.90. The molecule has 0 saturated carbocycles. The van der Waals surface area contributed by atoms with Gasteiger partial charge in [-0.1, -0.05) is 24.3 Å². The van der Waals surface area contributed by atoms with Crippen LogP contribution in [-0.2, 0) is 10.3 Å². The maximum absolute atomic E-state index is 13.4. The van der Waals surface area contributed by atoms with Crippen LogP contribution in [0.1, 0.15) is 22.2 Å². The van der Waals surface area contributed by atoms with Crippen molar-refractivity contribution in [3.8, 4) is 5.75 Å². The zero-order valence-electron chi connectivity index (χ0n) is 19.1. The summed E-state index contributed by atoms with van der Waals surface area (Å²) in [6, 6.07) is 14.8. The second-order valence-corrected chi connectivity index (χ2v) is 9.69. The van der Waals surface area contributed by atoms with Crippen LogP contribution < -0.4 is 10.1 Å². The molecule has 2 fully saturated rings. The highest BCUT2D eigenvalue weighted by atomic mass is 32.1. The molecule has 9 heteroatoms. The smallest absolute Gasteiger partial charge is 0.326 e. The number of amides is 4. The van der Waals surface area contributed by atoms with Crippen LogP contribution in [0.4, 0.5) is 4.79 Å². The lowest BCUT2D eigenvalue weighted by Crippen LogP contribution is -2.52. The van der Waals surface area contributed by atoms with E-state index in [-0.39, 0.29) is 18.5 Å². The van der Waals surface area contributed by atoms with Gasteiger partial charge in [-0.25, -0.2) is 9.69 Å². The van der Waals surface area contributed by atoms with Crippen molar-refractivity contribution in [2.75, 3.05) is 40.0 Å². The van der Waals surface area contributed by atoms with Crippen LogP contribution in [0, 0.1) is 0 Å². The lowest BCUT2D eigenvalue weighted by molar-refractivity contribution is -0.132. The molecule has 34 heavy (non-hydrogen) atoms. The first-order valence-electron chi connectivity index (χ1n) is 11.2. The fourth-order valence-electron chi connectivity index (χ4n) is 4.53. The summed E-state index contributed by atoms with van der Waals surface area (Å²) in [5, 5.41) is 6.75. The number of thiophene rings is 1. The Bertz CT molecular complexity index is 1250. The summed E-state index contributed by atoms with van der Waals surface area (Å²) in [4.78, 5) is 44.6. The Hall–Kier alpha value is -3.43. The lowest BCUT2D eigenvalue weighted by Gasteiger charge is -2.35. The molecule has 1 N–H and O–H groups in total. The van der Waals surface area contributed by atoms with Gasteiger partial charge in [-0.05, 0) is 52.9 Å². The normalized spacial score (nSPS) is 21.2. The third kappa shape index (κ3) is 3.91. The molecule has 5 rings (SSSR count). The van der Waals surface area contributed by atoms with Gasteiger partial charge in [0.2, 0.25) is 0 Å². The van der Waals surface area contributed by atoms with Crippen LogP contribution in [0.25, 0.3) is 10.8 Å². The molecular formula is C25H26N4O4S. The number of nitrogens with zero attached hydrogens (tertiary/aromatic N) is 3. The zero-order valence-corrected chi connectivity index (χ0v) is 19.9. The summed E-state index contributed by atoms with van der Waals surface area (Å²) in [6.07, 6.45) is 0. The quantitative estimate of drug-likeness (QED) is 0.570. The van der Waals surface area contributed by atoms with E-state index in [0.29, 0.717) is 26.2 Å². The van der Waals surface area contributed by atoms with Crippen LogP contribution in [-0.4, -0.2) is 72.5 Å². The number of urea groups is 1. The summed E-state index contributed by atoms with van der Waals surface area (Å²) in [6.45, 7) is 4.27. The molecule has 1 aromatic heterocycles. The van der Waals surface area contributed by atoms with Crippen molar-refractivity contribution in [1.29, 1.82) is 0 Å². The largest absolute Gasteiger partial charge is 0.497 e. The van der Waals surface area contributed by atoms with Gasteiger partial charge in [0.25, 0.3) is 11.8 Å². The molecule has 2 aliphatic rings. The van der Waals surface area contributed by atoms with E-state index in [4.69, 9.17) is 4.74 Å². The summed E-state index contributed by atoms with van der Waals surface area (Å²) in [5.74, 6) is 0.522. The molecule has 0 aliphatic carbocycles. The van der Waals surface area contributed by atoms with E-state index >= 15 is 0 Å². The molecular weight excluding hydrogens is 452 g/mol. The molecule has 176 valence electrons. The van der Waals surface area contributed by atoms with E-state index in [9.17, 15) is 14.4 Å². The van der Waals surface area contributed by atoms with Crippen molar-refractivity contribution in [2.45, 2.75) is 12.5 Å². The summed E-state index contributed by atoms with van der Waals surface area (Å²) in [5.41, 5.74) is -0.403. The molecule has 3 heterocycles. The summed E-state index contributed by atoms with van der Waals surface area (Å²) in [7, 11) is 1.62. The number of carbonyl (C=O) groups excluding carboxylic acids is 3. The Morgan fingerprint density at radius 3 is 2.50 bits per heavy atom. The van der Waals surface area contributed by atoms with E-state index in [1.165, 1.54) is 16.2 Å². The maximum Gasteiger partial charge on any atom is 0.326 e. The van der Waals surface area contributed by atoms with Gasteiger partial charge in [0.15, 0.2) is 0 Å². The molecule has 0 spiro atoms. The van der Waals surface area contributed by atoms with Crippen LogP contribution in [0.3, 0.4) is 0 Å². The molecule has 1 atom stereocenters. The van der Waals surface area contributed by atoms with Crippen LogP contribution in [0.5, 0.6) is 5.75 Å². The minimum Gasteiger partial charge on any atom is -0.497 e. The van der Waals surface area contributed by atoms with Crippen molar-refractivity contribution in [1.82, 2.24) is 20.0 Å². The van der Waals surface area contributed by atoms with Crippen LogP contribution in [0.15, 0.2) is 53.9 Å².